The average molecular weight is 292 g/mol. The monoisotopic (exact) mass is 292 g/mol. The second kappa shape index (κ2) is 5.76. The van der Waals surface area contributed by atoms with Crippen LogP contribution in [0.3, 0.4) is 0 Å². The first-order valence-corrected chi connectivity index (χ1v) is 7.74. The van der Waals surface area contributed by atoms with E-state index in [4.69, 9.17) is 4.74 Å². The van der Waals surface area contributed by atoms with Crippen molar-refractivity contribution >= 4 is 5.97 Å². The summed E-state index contributed by atoms with van der Waals surface area (Å²) in [5, 5.41) is 9.89. The van der Waals surface area contributed by atoms with Crippen LogP contribution >= 0.6 is 0 Å². The summed E-state index contributed by atoms with van der Waals surface area (Å²) in [6, 6.07) is 5.88. The molecule has 0 amide bonds. The number of carboxylic acid groups (broad SMARTS) is 1. The molecule has 0 saturated heterocycles. The summed E-state index contributed by atoms with van der Waals surface area (Å²) in [6.07, 6.45) is 5.24. The van der Waals surface area contributed by atoms with Crippen LogP contribution in [0.1, 0.15) is 44.1 Å². The minimum absolute atomic E-state index is 0.310. The van der Waals surface area contributed by atoms with Gasteiger partial charge in [0.05, 0.1) is 6.10 Å². The van der Waals surface area contributed by atoms with E-state index in [1.54, 1.807) is 12.1 Å². The van der Waals surface area contributed by atoms with Gasteiger partial charge in [0, 0.05) is 6.61 Å². The van der Waals surface area contributed by atoms with Gasteiger partial charge in [-0.1, -0.05) is 25.0 Å². The minimum atomic E-state index is -1.03. The highest BCUT2D eigenvalue weighted by Gasteiger charge is 2.50. The fourth-order valence-electron chi connectivity index (χ4n) is 3.35. The Labute approximate surface area is 124 Å². The van der Waals surface area contributed by atoms with Crippen LogP contribution in [0.2, 0.25) is 0 Å². The molecule has 2 atom stereocenters. The summed E-state index contributed by atoms with van der Waals surface area (Å²) >= 11 is 0. The summed E-state index contributed by atoms with van der Waals surface area (Å²) < 4.78 is 19.2. The number of rotatable bonds is 5. The largest absolute Gasteiger partial charge is 0.481 e. The summed E-state index contributed by atoms with van der Waals surface area (Å²) in [4.78, 5) is 12.1. The van der Waals surface area contributed by atoms with Crippen molar-refractivity contribution in [1.29, 1.82) is 0 Å². The second-order valence-electron chi connectivity index (χ2n) is 6.29. The third kappa shape index (κ3) is 2.82. The zero-order chi connectivity index (χ0) is 14.9. The quantitative estimate of drug-likeness (QED) is 0.903. The van der Waals surface area contributed by atoms with Gasteiger partial charge < -0.3 is 9.84 Å². The summed E-state index contributed by atoms with van der Waals surface area (Å²) in [6.45, 7) is 0.654. The first-order chi connectivity index (χ1) is 10.1. The molecule has 1 N–H and O–H groups in total. The standard InChI is InChI=1S/C17H21FO3/c18-14-8-6-13(7-9-14)17(16(19)20)10-2-1-3-15(17)21-11-12-4-5-12/h6-9,12,15H,1-5,10-11H2,(H,19,20). The highest BCUT2D eigenvalue weighted by molar-refractivity contribution is 5.82. The molecule has 0 radical (unpaired) electrons. The Morgan fingerprint density at radius 1 is 1.24 bits per heavy atom. The molecule has 4 heteroatoms. The molecule has 2 fully saturated rings. The molecule has 0 aliphatic heterocycles. The molecule has 2 aliphatic rings. The van der Waals surface area contributed by atoms with E-state index in [1.165, 1.54) is 25.0 Å². The normalized spacial score (nSPS) is 29.3. The maximum atomic E-state index is 13.2. The minimum Gasteiger partial charge on any atom is -0.481 e. The van der Waals surface area contributed by atoms with E-state index in [9.17, 15) is 14.3 Å². The van der Waals surface area contributed by atoms with Gasteiger partial charge in [0.15, 0.2) is 0 Å². The van der Waals surface area contributed by atoms with E-state index in [0.29, 0.717) is 24.5 Å². The highest BCUT2D eigenvalue weighted by atomic mass is 19.1. The third-order valence-corrected chi connectivity index (χ3v) is 4.81. The Balaban J connectivity index is 1.90. The molecule has 0 heterocycles. The van der Waals surface area contributed by atoms with E-state index in [-0.39, 0.29) is 11.9 Å². The Morgan fingerprint density at radius 2 is 1.95 bits per heavy atom. The lowest BCUT2D eigenvalue weighted by atomic mass is 9.67. The number of ether oxygens (including phenoxy) is 1. The molecule has 2 saturated carbocycles. The Morgan fingerprint density at radius 3 is 2.57 bits per heavy atom. The lowest BCUT2D eigenvalue weighted by Gasteiger charge is -2.41. The number of hydrogen-bond acceptors (Lipinski definition) is 2. The molecule has 2 aliphatic carbocycles. The maximum absolute atomic E-state index is 13.2. The van der Waals surface area contributed by atoms with Gasteiger partial charge in [0.1, 0.15) is 11.2 Å². The van der Waals surface area contributed by atoms with Gasteiger partial charge in [-0.15, -0.1) is 0 Å². The SMILES string of the molecule is O=C(O)C1(c2ccc(F)cc2)CCCCC1OCC1CC1. The van der Waals surface area contributed by atoms with Gasteiger partial charge >= 0.3 is 5.97 Å². The Kier molecular flexibility index (Phi) is 3.98. The summed E-state index contributed by atoms with van der Waals surface area (Å²) in [5.74, 6) is -0.591. The second-order valence-corrected chi connectivity index (χ2v) is 6.29. The van der Waals surface area contributed by atoms with Gasteiger partial charge in [0.2, 0.25) is 0 Å². The van der Waals surface area contributed by atoms with Crippen molar-refractivity contribution in [1.82, 2.24) is 0 Å². The summed E-state index contributed by atoms with van der Waals surface area (Å²) in [7, 11) is 0. The molecule has 1 aromatic rings. The molecule has 21 heavy (non-hydrogen) atoms. The molecular formula is C17H21FO3. The van der Waals surface area contributed by atoms with Crippen LogP contribution in [0.15, 0.2) is 24.3 Å². The van der Waals surface area contributed by atoms with Crippen molar-refractivity contribution in [2.75, 3.05) is 6.61 Å². The van der Waals surface area contributed by atoms with E-state index in [1.807, 2.05) is 0 Å². The predicted octanol–water partition coefficient (Wildman–Crippen LogP) is 3.52. The first-order valence-electron chi connectivity index (χ1n) is 7.74. The lowest BCUT2D eigenvalue weighted by Crippen LogP contribution is -2.50. The van der Waals surface area contributed by atoms with Gasteiger partial charge in [-0.25, -0.2) is 4.39 Å². The number of carboxylic acids is 1. The van der Waals surface area contributed by atoms with Crippen molar-refractivity contribution in [3.05, 3.63) is 35.6 Å². The van der Waals surface area contributed by atoms with E-state index in [2.05, 4.69) is 0 Å². The summed E-state index contributed by atoms with van der Waals surface area (Å²) in [5.41, 5.74) is -0.363. The van der Waals surface area contributed by atoms with Crippen LogP contribution in [0.5, 0.6) is 0 Å². The van der Waals surface area contributed by atoms with Gasteiger partial charge in [0.25, 0.3) is 0 Å². The smallest absolute Gasteiger partial charge is 0.316 e. The van der Waals surface area contributed by atoms with Crippen LogP contribution in [0.25, 0.3) is 0 Å². The number of halogens is 1. The molecular weight excluding hydrogens is 271 g/mol. The lowest BCUT2D eigenvalue weighted by molar-refractivity contribution is -0.154. The van der Waals surface area contributed by atoms with E-state index in [0.717, 1.165) is 19.3 Å². The van der Waals surface area contributed by atoms with E-state index >= 15 is 0 Å². The van der Waals surface area contributed by atoms with Crippen molar-refractivity contribution in [2.24, 2.45) is 5.92 Å². The Hall–Kier alpha value is -1.42. The average Bonchev–Trinajstić information content (AvgIpc) is 3.30. The van der Waals surface area contributed by atoms with Crippen LogP contribution in [0.4, 0.5) is 4.39 Å². The highest BCUT2D eigenvalue weighted by Crippen LogP contribution is 2.43. The van der Waals surface area contributed by atoms with Crippen molar-refractivity contribution in [2.45, 2.75) is 50.0 Å². The molecule has 3 nitrogen and oxygen atoms in total. The predicted molar refractivity (Wildman–Crippen MR) is 76.6 cm³/mol. The number of carbonyl (C=O) groups is 1. The van der Waals surface area contributed by atoms with Crippen LogP contribution in [-0.2, 0) is 14.9 Å². The number of aliphatic carboxylic acids is 1. The van der Waals surface area contributed by atoms with Crippen LogP contribution in [0, 0.1) is 11.7 Å². The van der Waals surface area contributed by atoms with Crippen molar-refractivity contribution < 1.29 is 19.0 Å². The van der Waals surface area contributed by atoms with E-state index < -0.39 is 11.4 Å². The van der Waals surface area contributed by atoms with Gasteiger partial charge in [-0.3, -0.25) is 4.79 Å². The van der Waals surface area contributed by atoms with Gasteiger partial charge in [-0.2, -0.15) is 0 Å². The van der Waals surface area contributed by atoms with Gasteiger partial charge in [-0.05, 0) is 49.3 Å². The van der Waals surface area contributed by atoms with Crippen LogP contribution < -0.4 is 0 Å². The van der Waals surface area contributed by atoms with Crippen molar-refractivity contribution in [3.63, 3.8) is 0 Å². The molecule has 0 spiro atoms. The Bertz CT molecular complexity index is 509. The van der Waals surface area contributed by atoms with Crippen LogP contribution in [-0.4, -0.2) is 23.8 Å². The first kappa shape index (κ1) is 14.5. The zero-order valence-electron chi connectivity index (χ0n) is 12.1. The third-order valence-electron chi connectivity index (χ3n) is 4.81. The number of hydrogen-bond donors (Lipinski definition) is 1. The molecule has 0 aromatic heterocycles. The zero-order valence-corrected chi connectivity index (χ0v) is 12.1. The maximum Gasteiger partial charge on any atom is 0.316 e. The molecule has 2 unspecified atom stereocenters. The molecule has 3 rings (SSSR count). The fourth-order valence-corrected chi connectivity index (χ4v) is 3.35. The molecule has 0 bridgehead atoms. The topological polar surface area (TPSA) is 46.5 Å². The molecule has 114 valence electrons. The molecule has 1 aromatic carbocycles. The van der Waals surface area contributed by atoms with Crippen molar-refractivity contribution in [3.8, 4) is 0 Å². The fraction of sp³-hybridized carbons (Fsp3) is 0.588. The number of benzene rings is 1.